The number of hydrogen-bond acceptors (Lipinski definition) is 6. The number of methoxy groups -OCH3 is 1. The summed E-state index contributed by atoms with van der Waals surface area (Å²) in [6.07, 6.45) is 3.47. The standard InChI is InChI=1S/C17H20ClN5O2/c1-25-15-4-3-13(18)11-14(15)21-16(24)12-22-7-9-23(10-8-22)17-19-5-2-6-20-17/h2-6,11H,7-10,12H2,1H3,(H,21,24). The van der Waals surface area contributed by atoms with Crippen LogP contribution in [0.4, 0.5) is 11.6 Å². The van der Waals surface area contributed by atoms with Crippen LogP contribution in [0, 0.1) is 0 Å². The summed E-state index contributed by atoms with van der Waals surface area (Å²) in [7, 11) is 1.56. The molecule has 0 spiro atoms. The quantitative estimate of drug-likeness (QED) is 0.877. The van der Waals surface area contributed by atoms with Gasteiger partial charge in [0.05, 0.1) is 19.3 Å². The minimum absolute atomic E-state index is 0.0926. The molecule has 2 heterocycles. The molecule has 0 aliphatic carbocycles. The number of benzene rings is 1. The average Bonchev–Trinajstić information content (AvgIpc) is 2.63. The number of hydrogen-bond donors (Lipinski definition) is 1. The molecule has 0 radical (unpaired) electrons. The molecule has 1 aliphatic rings. The Morgan fingerprint density at radius 1 is 1.24 bits per heavy atom. The molecule has 1 fully saturated rings. The van der Waals surface area contributed by atoms with Crippen LogP contribution < -0.4 is 15.0 Å². The molecule has 1 aromatic heterocycles. The van der Waals surface area contributed by atoms with Crippen LogP contribution in [0.25, 0.3) is 0 Å². The summed E-state index contributed by atoms with van der Waals surface area (Å²) >= 11 is 5.99. The van der Waals surface area contributed by atoms with E-state index in [1.165, 1.54) is 0 Å². The molecule has 0 unspecified atom stereocenters. The van der Waals surface area contributed by atoms with Crippen molar-refractivity contribution in [3.05, 3.63) is 41.7 Å². The Kier molecular flexibility index (Phi) is 5.67. The van der Waals surface area contributed by atoms with E-state index in [0.717, 1.165) is 32.1 Å². The van der Waals surface area contributed by atoms with E-state index in [9.17, 15) is 4.79 Å². The molecule has 1 amide bonds. The molecule has 7 nitrogen and oxygen atoms in total. The van der Waals surface area contributed by atoms with Crippen LogP contribution in [0.5, 0.6) is 5.75 Å². The second-order valence-electron chi connectivity index (χ2n) is 5.70. The Morgan fingerprint density at radius 3 is 2.64 bits per heavy atom. The number of carbonyl (C=O) groups excluding carboxylic acids is 1. The van der Waals surface area contributed by atoms with Gasteiger partial charge in [0.1, 0.15) is 5.75 Å². The zero-order valence-corrected chi connectivity index (χ0v) is 14.7. The molecule has 0 bridgehead atoms. The van der Waals surface area contributed by atoms with Crippen LogP contribution in [0.15, 0.2) is 36.7 Å². The Labute approximate surface area is 151 Å². The number of nitrogens with zero attached hydrogens (tertiary/aromatic N) is 4. The third kappa shape index (κ3) is 4.58. The molecule has 8 heteroatoms. The molecular formula is C17H20ClN5O2. The summed E-state index contributed by atoms with van der Waals surface area (Å²) in [5, 5.41) is 3.41. The molecule has 1 aromatic carbocycles. The van der Waals surface area contributed by atoms with Crippen LogP contribution in [0.2, 0.25) is 5.02 Å². The molecule has 1 N–H and O–H groups in total. The largest absolute Gasteiger partial charge is 0.495 e. The van der Waals surface area contributed by atoms with Gasteiger partial charge in [-0.05, 0) is 24.3 Å². The number of halogens is 1. The SMILES string of the molecule is COc1ccc(Cl)cc1NC(=O)CN1CCN(c2ncccn2)CC1. The van der Waals surface area contributed by atoms with Gasteiger partial charge in [-0.25, -0.2) is 9.97 Å². The monoisotopic (exact) mass is 361 g/mol. The highest BCUT2D eigenvalue weighted by molar-refractivity contribution is 6.31. The fourth-order valence-corrected chi connectivity index (χ4v) is 2.90. The Bertz CT molecular complexity index is 720. The van der Waals surface area contributed by atoms with Crippen molar-refractivity contribution < 1.29 is 9.53 Å². The smallest absolute Gasteiger partial charge is 0.238 e. The number of anilines is 2. The molecule has 25 heavy (non-hydrogen) atoms. The van der Waals surface area contributed by atoms with Gasteiger partial charge in [-0.3, -0.25) is 9.69 Å². The summed E-state index contributed by atoms with van der Waals surface area (Å²) in [5.41, 5.74) is 0.580. The van der Waals surface area contributed by atoms with Gasteiger partial charge in [0.2, 0.25) is 11.9 Å². The molecule has 2 aromatic rings. The third-order valence-electron chi connectivity index (χ3n) is 4.01. The van der Waals surface area contributed by atoms with E-state index in [4.69, 9.17) is 16.3 Å². The summed E-state index contributed by atoms with van der Waals surface area (Å²) in [6.45, 7) is 3.45. The zero-order valence-electron chi connectivity index (χ0n) is 14.0. The van der Waals surface area contributed by atoms with E-state index in [1.54, 1.807) is 43.8 Å². The Balaban J connectivity index is 1.52. The molecular weight excluding hydrogens is 342 g/mol. The second-order valence-corrected chi connectivity index (χ2v) is 6.14. The van der Waals surface area contributed by atoms with E-state index >= 15 is 0 Å². The van der Waals surface area contributed by atoms with Crippen molar-refractivity contribution in [3.8, 4) is 5.75 Å². The van der Waals surface area contributed by atoms with Gasteiger partial charge in [0, 0.05) is 43.6 Å². The van der Waals surface area contributed by atoms with Crippen LogP contribution in [0.3, 0.4) is 0 Å². The Hall–Kier alpha value is -2.38. The molecule has 132 valence electrons. The molecule has 0 atom stereocenters. The first-order valence-electron chi connectivity index (χ1n) is 8.03. The number of ether oxygens (including phenoxy) is 1. The van der Waals surface area contributed by atoms with Crippen molar-refractivity contribution in [1.82, 2.24) is 14.9 Å². The second kappa shape index (κ2) is 8.13. The normalized spacial score (nSPS) is 15.0. The van der Waals surface area contributed by atoms with E-state index in [-0.39, 0.29) is 5.91 Å². The Morgan fingerprint density at radius 2 is 1.96 bits per heavy atom. The lowest BCUT2D eigenvalue weighted by Crippen LogP contribution is -2.49. The summed E-state index contributed by atoms with van der Waals surface area (Å²) < 4.78 is 5.25. The van der Waals surface area contributed by atoms with Crippen molar-refractivity contribution in [2.45, 2.75) is 0 Å². The van der Waals surface area contributed by atoms with Crippen molar-refractivity contribution in [3.63, 3.8) is 0 Å². The molecule has 0 saturated carbocycles. The van der Waals surface area contributed by atoms with Gasteiger partial charge in [0.15, 0.2) is 0 Å². The summed E-state index contributed by atoms with van der Waals surface area (Å²) in [5.74, 6) is 1.23. The lowest BCUT2D eigenvalue weighted by Gasteiger charge is -2.34. The number of nitrogens with one attached hydrogen (secondary N) is 1. The number of amides is 1. The van der Waals surface area contributed by atoms with Crippen molar-refractivity contribution in [1.29, 1.82) is 0 Å². The first-order valence-corrected chi connectivity index (χ1v) is 8.41. The number of carbonyl (C=O) groups is 1. The summed E-state index contributed by atoms with van der Waals surface area (Å²) in [4.78, 5) is 25.1. The molecule has 3 rings (SSSR count). The van der Waals surface area contributed by atoms with Gasteiger partial charge >= 0.3 is 0 Å². The van der Waals surface area contributed by atoms with Crippen LogP contribution in [-0.2, 0) is 4.79 Å². The van der Waals surface area contributed by atoms with E-state index in [2.05, 4.69) is 25.1 Å². The van der Waals surface area contributed by atoms with E-state index < -0.39 is 0 Å². The van der Waals surface area contributed by atoms with Crippen molar-refractivity contribution >= 4 is 29.1 Å². The number of piperazine rings is 1. The zero-order chi connectivity index (χ0) is 17.6. The highest BCUT2D eigenvalue weighted by atomic mass is 35.5. The fraction of sp³-hybridized carbons (Fsp3) is 0.353. The third-order valence-corrected chi connectivity index (χ3v) is 4.25. The van der Waals surface area contributed by atoms with Crippen molar-refractivity contribution in [2.24, 2.45) is 0 Å². The lowest BCUT2D eigenvalue weighted by molar-refractivity contribution is -0.117. The highest BCUT2D eigenvalue weighted by Gasteiger charge is 2.20. The van der Waals surface area contributed by atoms with Gasteiger partial charge in [-0.15, -0.1) is 0 Å². The number of aromatic nitrogens is 2. The van der Waals surface area contributed by atoms with Crippen molar-refractivity contribution in [2.75, 3.05) is 50.1 Å². The van der Waals surface area contributed by atoms with E-state index in [0.29, 0.717) is 23.0 Å². The van der Waals surface area contributed by atoms with Gasteiger partial charge in [0.25, 0.3) is 0 Å². The minimum Gasteiger partial charge on any atom is -0.495 e. The molecule has 1 saturated heterocycles. The topological polar surface area (TPSA) is 70.6 Å². The predicted octanol–water partition coefficient (Wildman–Crippen LogP) is 1.90. The maximum Gasteiger partial charge on any atom is 0.238 e. The van der Waals surface area contributed by atoms with Gasteiger partial charge in [-0.2, -0.15) is 0 Å². The summed E-state index contributed by atoms with van der Waals surface area (Å²) in [6, 6.07) is 6.94. The number of rotatable bonds is 5. The maximum absolute atomic E-state index is 12.3. The van der Waals surface area contributed by atoms with Crippen LogP contribution in [-0.4, -0.2) is 60.6 Å². The first-order chi connectivity index (χ1) is 12.2. The minimum atomic E-state index is -0.0926. The van der Waals surface area contributed by atoms with Crippen LogP contribution in [0.1, 0.15) is 0 Å². The lowest BCUT2D eigenvalue weighted by atomic mass is 10.2. The van der Waals surface area contributed by atoms with Gasteiger partial charge in [-0.1, -0.05) is 11.6 Å². The highest BCUT2D eigenvalue weighted by Crippen LogP contribution is 2.27. The average molecular weight is 362 g/mol. The maximum atomic E-state index is 12.3. The van der Waals surface area contributed by atoms with Gasteiger partial charge < -0.3 is 15.0 Å². The van der Waals surface area contributed by atoms with E-state index in [1.807, 2.05) is 0 Å². The van der Waals surface area contributed by atoms with Crippen LogP contribution >= 0.6 is 11.6 Å². The molecule has 1 aliphatic heterocycles. The first kappa shape index (κ1) is 17.4. The predicted molar refractivity (Wildman–Crippen MR) is 97.3 cm³/mol. The fourth-order valence-electron chi connectivity index (χ4n) is 2.73.